The lowest BCUT2D eigenvalue weighted by atomic mass is 10.1. The van der Waals surface area contributed by atoms with Gasteiger partial charge in [0.25, 0.3) is 0 Å². The SMILES string of the molecule is CC(C)(C)OC(=O)N[C@H](CCI)CC(=O)OCc1ccccc1. The maximum Gasteiger partial charge on any atom is 0.407 e. The molecule has 6 heteroatoms. The van der Waals surface area contributed by atoms with Gasteiger partial charge in [-0.15, -0.1) is 0 Å². The van der Waals surface area contributed by atoms with E-state index >= 15 is 0 Å². The number of alkyl halides is 1. The summed E-state index contributed by atoms with van der Waals surface area (Å²) in [5.41, 5.74) is 0.374. The standard InChI is InChI=1S/C17H24INO4/c1-17(2,3)23-16(21)19-14(9-10-18)11-15(20)22-12-13-7-5-4-6-8-13/h4-8,14H,9-12H2,1-3H3,(H,19,21)/t14-/m1/s1. The first-order valence-electron chi connectivity index (χ1n) is 7.55. The Labute approximate surface area is 151 Å². The molecule has 0 unspecified atom stereocenters. The lowest BCUT2D eigenvalue weighted by Gasteiger charge is -2.23. The molecule has 0 spiro atoms. The van der Waals surface area contributed by atoms with E-state index in [1.165, 1.54) is 0 Å². The Kier molecular flexibility index (Phi) is 8.36. The van der Waals surface area contributed by atoms with Crippen LogP contribution in [0.4, 0.5) is 4.79 Å². The van der Waals surface area contributed by atoms with Crippen LogP contribution >= 0.6 is 22.6 Å². The van der Waals surface area contributed by atoms with Crippen molar-refractivity contribution < 1.29 is 19.1 Å². The Morgan fingerprint density at radius 1 is 1.22 bits per heavy atom. The van der Waals surface area contributed by atoms with Gasteiger partial charge < -0.3 is 14.8 Å². The van der Waals surface area contributed by atoms with Gasteiger partial charge in [0, 0.05) is 10.5 Å². The predicted molar refractivity (Wildman–Crippen MR) is 97.5 cm³/mol. The number of rotatable bonds is 7. The number of hydrogen-bond acceptors (Lipinski definition) is 4. The van der Waals surface area contributed by atoms with Crippen molar-refractivity contribution in [2.24, 2.45) is 0 Å². The third-order valence-corrected chi connectivity index (χ3v) is 3.46. The summed E-state index contributed by atoms with van der Waals surface area (Å²) in [5.74, 6) is -0.334. The van der Waals surface area contributed by atoms with Gasteiger partial charge in [0.15, 0.2) is 0 Å². The summed E-state index contributed by atoms with van der Waals surface area (Å²) in [4.78, 5) is 23.8. The van der Waals surface area contributed by atoms with Crippen LogP contribution in [-0.4, -0.2) is 28.1 Å². The Balaban J connectivity index is 2.44. The van der Waals surface area contributed by atoms with Crippen LogP contribution in [0, 0.1) is 0 Å². The minimum absolute atomic E-state index is 0.134. The van der Waals surface area contributed by atoms with Crippen LogP contribution in [-0.2, 0) is 20.9 Å². The molecule has 23 heavy (non-hydrogen) atoms. The number of amides is 1. The average molecular weight is 433 g/mol. The lowest BCUT2D eigenvalue weighted by molar-refractivity contribution is -0.145. The summed E-state index contributed by atoms with van der Waals surface area (Å²) in [6.07, 6.45) is 0.304. The van der Waals surface area contributed by atoms with Gasteiger partial charge >= 0.3 is 12.1 Å². The van der Waals surface area contributed by atoms with Gasteiger partial charge in [0.2, 0.25) is 0 Å². The zero-order valence-electron chi connectivity index (χ0n) is 13.8. The van der Waals surface area contributed by atoms with Gasteiger partial charge in [-0.05, 0) is 32.8 Å². The van der Waals surface area contributed by atoms with Crippen LogP contribution in [0.3, 0.4) is 0 Å². The van der Waals surface area contributed by atoms with Crippen molar-refractivity contribution in [1.29, 1.82) is 0 Å². The zero-order valence-corrected chi connectivity index (χ0v) is 16.0. The maximum atomic E-state index is 12.0. The molecule has 0 aliphatic rings. The molecule has 5 nitrogen and oxygen atoms in total. The van der Waals surface area contributed by atoms with E-state index < -0.39 is 11.7 Å². The van der Waals surface area contributed by atoms with E-state index in [2.05, 4.69) is 27.9 Å². The van der Waals surface area contributed by atoms with Gasteiger partial charge in [-0.2, -0.15) is 0 Å². The number of ether oxygens (including phenoxy) is 2. The van der Waals surface area contributed by atoms with E-state index in [-0.39, 0.29) is 25.0 Å². The largest absolute Gasteiger partial charge is 0.461 e. The van der Waals surface area contributed by atoms with Crippen molar-refractivity contribution in [3.8, 4) is 0 Å². The third kappa shape index (κ3) is 9.43. The molecule has 1 N–H and O–H groups in total. The summed E-state index contributed by atoms with van der Waals surface area (Å²) >= 11 is 2.21. The molecule has 128 valence electrons. The highest BCUT2D eigenvalue weighted by Gasteiger charge is 2.21. The Morgan fingerprint density at radius 3 is 2.43 bits per heavy atom. The van der Waals surface area contributed by atoms with E-state index in [0.29, 0.717) is 6.42 Å². The number of esters is 1. The number of halogens is 1. The van der Waals surface area contributed by atoms with Crippen LogP contribution in [0.1, 0.15) is 39.2 Å². The smallest absolute Gasteiger partial charge is 0.407 e. The van der Waals surface area contributed by atoms with E-state index in [1.807, 2.05) is 30.3 Å². The lowest BCUT2D eigenvalue weighted by Crippen LogP contribution is -2.40. The molecule has 0 saturated carbocycles. The van der Waals surface area contributed by atoms with Crippen LogP contribution in [0.2, 0.25) is 0 Å². The van der Waals surface area contributed by atoms with Crippen molar-refractivity contribution in [3.63, 3.8) is 0 Å². The second kappa shape index (κ2) is 9.75. The average Bonchev–Trinajstić information content (AvgIpc) is 2.44. The van der Waals surface area contributed by atoms with Crippen LogP contribution in [0.25, 0.3) is 0 Å². The number of benzene rings is 1. The highest BCUT2D eigenvalue weighted by Crippen LogP contribution is 2.10. The van der Waals surface area contributed by atoms with Crippen molar-refractivity contribution in [2.75, 3.05) is 4.43 Å². The van der Waals surface area contributed by atoms with Gasteiger partial charge in [0.05, 0.1) is 6.42 Å². The molecule has 1 amide bonds. The molecule has 1 atom stereocenters. The summed E-state index contributed by atoms with van der Waals surface area (Å²) in [7, 11) is 0. The van der Waals surface area contributed by atoms with Crippen molar-refractivity contribution in [2.45, 2.75) is 51.9 Å². The number of hydrogen-bond donors (Lipinski definition) is 1. The molecule has 0 radical (unpaired) electrons. The zero-order chi connectivity index (χ0) is 17.3. The van der Waals surface area contributed by atoms with Crippen molar-refractivity contribution in [3.05, 3.63) is 35.9 Å². The second-order valence-electron chi connectivity index (χ2n) is 6.17. The van der Waals surface area contributed by atoms with Crippen LogP contribution < -0.4 is 5.32 Å². The fourth-order valence-corrected chi connectivity index (χ4v) is 2.58. The molecule has 0 aromatic heterocycles. The minimum atomic E-state index is -0.563. The monoisotopic (exact) mass is 433 g/mol. The molecule has 0 fully saturated rings. The number of alkyl carbamates (subject to hydrolysis) is 1. The van der Waals surface area contributed by atoms with E-state index in [4.69, 9.17) is 9.47 Å². The molecule has 1 rings (SSSR count). The van der Waals surface area contributed by atoms with Crippen LogP contribution in [0.5, 0.6) is 0 Å². The molecule has 0 aliphatic heterocycles. The molecule has 0 aliphatic carbocycles. The maximum absolute atomic E-state index is 12.0. The summed E-state index contributed by atoms with van der Waals surface area (Å²) in [5, 5.41) is 2.74. The van der Waals surface area contributed by atoms with Gasteiger partial charge in [0.1, 0.15) is 12.2 Å². The highest BCUT2D eigenvalue weighted by molar-refractivity contribution is 14.1. The highest BCUT2D eigenvalue weighted by atomic mass is 127. The van der Waals surface area contributed by atoms with Crippen molar-refractivity contribution in [1.82, 2.24) is 5.32 Å². The normalized spacial score (nSPS) is 12.3. The minimum Gasteiger partial charge on any atom is -0.461 e. The topological polar surface area (TPSA) is 64.6 Å². The first kappa shape index (κ1) is 19.7. The summed E-state index contributed by atoms with van der Waals surface area (Å²) < 4.78 is 11.3. The molecular formula is C17H24INO4. The summed E-state index contributed by atoms with van der Waals surface area (Å²) in [6.45, 7) is 5.64. The van der Waals surface area contributed by atoms with Crippen molar-refractivity contribution >= 4 is 34.7 Å². The van der Waals surface area contributed by atoms with Gasteiger partial charge in [-0.25, -0.2) is 4.79 Å². The van der Waals surface area contributed by atoms with E-state index in [1.54, 1.807) is 20.8 Å². The third-order valence-electron chi connectivity index (χ3n) is 2.83. The van der Waals surface area contributed by atoms with Crippen LogP contribution in [0.15, 0.2) is 30.3 Å². The van der Waals surface area contributed by atoms with Gasteiger partial charge in [-0.3, -0.25) is 4.79 Å². The molecule has 0 bridgehead atoms. The summed E-state index contributed by atoms with van der Waals surface area (Å²) in [6, 6.07) is 9.21. The molecular weight excluding hydrogens is 409 g/mol. The Hall–Kier alpha value is -1.31. The molecule has 1 aromatic carbocycles. The number of carbonyl (C=O) groups is 2. The fraction of sp³-hybridized carbons (Fsp3) is 0.529. The fourth-order valence-electron chi connectivity index (χ4n) is 1.83. The molecule has 0 saturated heterocycles. The predicted octanol–water partition coefficient (Wildman–Crippen LogP) is 3.84. The van der Waals surface area contributed by atoms with Gasteiger partial charge in [-0.1, -0.05) is 52.9 Å². The number of carbonyl (C=O) groups excluding carboxylic acids is 2. The number of nitrogens with one attached hydrogen (secondary N) is 1. The second-order valence-corrected chi connectivity index (χ2v) is 7.25. The molecule has 1 aromatic rings. The first-order chi connectivity index (χ1) is 10.8. The Morgan fingerprint density at radius 2 is 1.87 bits per heavy atom. The Bertz CT molecular complexity index is 499. The first-order valence-corrected chi connectivity index (χ1v) is 9.08. The molecule has 0 heterocycles. The quantitative estimate of drug-likeness (QED) is 0.403. The van der Waals surface area contributed by atoms with E-state index in [0.717, 1.165) is 9.99 Å². The van der Waals surface area contributed by atoms with E-state index in [9.17, 15) is 9.59 Å².